The van der Waals surface area contributed by atoms with Crippen LogP contribution in [0.5, 0.6) is 0 Å². The van der Waals surface area contributed by atoms with Gasteiger partial charge in [-0.3, -0.25) is 9.59 Å². The molecule has 1 heterocycles. The second-order valence-corrected chi connectivity index (χ2v) is 5.48. The number of likely N-dealkylation sites (N-methyl/N-ethyl adjacent to an activating group) is 1. The van der Waals surface area contributed by atoms with E-state index in [2.05, 4.69) is 0 Å². The highest BCUT2D eigenvalue weighted by Crippen LogP contribution is 2.10. The number of carbonyl (C=O) groups excluding carboxylic acids is 2. The zero-order valence-corrected chi connectivity index (χ0v) is 12.5. The van der Waals surface area contributed by atoms with E-state index in [0.29, 0.717) is 12.1 Å². The summed E-state index contributed by atoms with van der Waals surface area (Å²) in [5.74, 6) is -0.0926. The van der Waals surface area contributed by atoms with Crippen molar-refractivity contribution in [3.8, 4) is 0 Å². The van der Waals surface area contributed by atoms with Crippen molar-refractivity contribution in [1.29, 1.82) is 0 Å². The van der Waals surface area contributed by atoms with Crippen LogP contribution in [0.1, 0.15) is 28.8 Å². The lowest BCUT2D eigenvalue weighted by Gasteiger charge is -2.21. The van der Waals surface area contributed by atoms with Crippen LogP contribution >= 0.6 is 0 Å². The Kier molecular flexibility index (Phi) is 5.33. The highest BCUT2D eigenvalue weighted by atomic mass is 16.2. The predicted octanol–water partition coefficient (Wildman–Crippen LogP) is 0.882. The number of benzene rings is 1. The van der Waals surface area contributed by atoms with Crippen LogP contribution in [0.3, 0.4) is 0 Å². The minimum Gasteiger partial charge on any atom is -0.341 e. The molecule has 1 aromatic carbocycles. The fraction of sp³-hybridized carbons (Fsp3) is 0.500. The number of nitrogens with zero attached hydrogens (tertiary/aromatic N) is 2. The van der Waals surface area contributed by atoms with Crippen molar-refractivity contribution in [2.75, 3.05) is 33.2 Å². The van der Waals surface area contributed by atoms with Crippen LogP contribution in [-0.4, -0.2) is 54.8 Å². The van der Waals surface area contributed by atoms with Crippen molar-refractivity contribution in [2.45, 2.75) is 19.3 Å². The molecule has 0 aliphatic carbocycles. The number of rotatable bonds is 5. The molecule has 5 nitrogen and oxygen atoms in total. The summed E-state index contributed by atoms with van der Waals surface area (Å²) in [4.78, 5) is 27.7. The summed E-state index contributed by atoms with van der Waals surface area (Å²) in [7, 11) is 1.67. The minimum absolute atomic E-state index is 0.0306. The molecule has 114 valence electrons. The van der Waals surface area contributed by atoms with Gasteiger partial charge in [-0.1, -0.05) is 12.1 Å². The summed E-state index contributed by atoms with van der Waals surface area (Å²) in [5.41, 5.74) is 7.22. The maximum absolute atomic E-state index is 12.3. The Morgan fingerprint density at radius 3 is 2.38 bits per heavy atom. The van der Waals surface area contributed by atoms with Crippen LogP contribution < -0.4 is 5.73 Å². The molecule has 1 aromatic rings. The third-order valence-electron chi connectivity index (χ3n) is 3.81. The SMILES string of the molecule is CN(CC(=O)N1CCCC1)C(=O)c1ccc(CCN)cc1. The average Bonchev–Trinajstić information content (AvgIpc) is 3.02. The standard InChI is InChI=1S/C16H23N3O2/c1-18(12-15(20)19-10-2-3-11-19)16(21)14-6-4-13(5-7-14)8-9-17/h4-7H,2-3,8-12,17H2,1H3. The Hall–Kier alpha value is -1.88. The average molecular weight is 289 g/mol. The molecule has 21 heavy (non-hydrogen) atoms. The first kappa shape index (κ1) is 15.5. The van der Waals surface area contributed by atoms with Crippen LogP contribution in [0.4, 0.5) is 0 Å². The topological polar surface area (TPSA) is 66.6 Å². The van der Waals surface area contributed by atoms with Gasteiger partial charge in [-0.05, 0) is 43.5 Å². The first-order chi connectivity index (χ1) is 10.1. The lowest BCUT2D eigenvalue weighted by atomic mass is 10.1. The third-order valence-corrected chi connectivity index (χ3v) is 3.81. The minimum atomic E-state index is -0.123. The predicted molar refractivity (Wildman–Crippen MR) is 82.0 cm³/mol. The normalized spacial score (nSPS) is 14.3. The van der Waals surface area contributed by atoms with E-state index >= 15 is 0 Å². The zero-order chi connectivity index (χ0) is 15.2. The Labute approximate surface area is 125 Å². The number of hydrogen-bond donors (Lipinski definition) is 1. The molecule has 2 rings (SSSR count). The quantitative estimate of drug-likeness (QED) is 0.875. The first-order valence-corrected chi connectivity index (χ1v) is 7.44. The molecule has 1 aliphatic heterocycles. The number of hydrogen-bond acceptors (Lipinski definition) is 3. The monoisotopic (exact) mass is 289 g/mol. The smallest absolute Gasteiger partial charge is 0.254 e. The van der Waals surface area contributed by atoms with E-state index in [9.17, 15) is 9.59 Å². The van der Waals surface area contributed by atoms with Crippen molar-refractivity contribution < 1.29 is 9.59 Å². The maximum Gasteiger partial charge on any atom is 0.254 e. The van der Waals surface area contributed by atoms with E-state index in [1.165, 1.54) is 4.90 Å². The molecule has 0 spiro atoms. The number of likely N-dealkylation sites (tertiary alicyclic amines) is 1. The van der Waals surface area contributed by atoms with Gasteiger partial charge in [-0.25, -0.2) is 0 Å². The van der Waals surface area contributed by atoms with Gasteiger partial charge in [0.25, 0.3) is 5.91 Å². The number of carbonyl (C=O) groups is 2. The van der Waals surface area contributed by atoms with Crippen LogP contribution in [0, 0.1) is 0 Å². The fourth-order valence-corrected chi connectivity index (χ4v) is 2.54. The molecule has 0 saturated carbocycles. The molecule has 0 radical (unpaired) electrons. The van der Waals surface area contributed by atoms with E-state index in [4.69, 9.17) is 5.73 Å². The summed E-state index contributed by atoms with van der Waals surface area (Å²) in [6.45, 7) is 2.37. The van der Waals surface area contributed by atoms with Crippen molar-refractivity contribution in [3.05, 3.63) is 35.4 Å². The molecule has 0 atom stereocenters. The molecule has 1 fully saturated rings. The Balaban J connectivity index is 1.93. The number of nitrogens with two attached hydrogens (primary N) is 1. The summed E-state index contributed by atoms with van der Waals surface area (Å²) in [6, 6.07) is 7.42. The Morgan fingerprint density at radius 2 is 1.81 bits per heavy atom. The van der Waals surface area contributed by atoms with E-state index in [1.54, 1.807) is 19.2 Å². The van der Waals surface area contributed by atoms with Crippen LogP contribution in [0.2, 0.25) is 0 Å². The first-order valence-electron chi connectivity index (χ1n) is 7.44. The fourth-order valence-electron chi connectivity index (χ4n) is 2.54. The van der Waals surface area contributed by atoms with E-state index < -0.39 is 0 Å². The van der Waals surface area contributed by atoms with E-state index in [0.717, 1.165) is 37.9 Å². The highest BCUT2D eigenvalue weighted by molar-refractivity contribution is 5.96. The second kappa shape index (κ2) is 7.22. The van der Waals surface area contributed by atoms with Gasteiger partial charge in [-0.15, -0.1) is 0 Å². The summed E-state index contributed by atoms with van der Waals surface area (Å²) in [5, 5.41) is 0. The lowest BCUT2D eigenvalue weighted by Crippen LogP contribution is -2.39. The maximum atomic E-state index is 12.3. The van der Waals surface area contributed by atoms with Gasteiger partial charge in [0.05, 0.1) is 6.54 Å². The number of amides is 2. The van der Waals surface area contributed by atoms with Gasteiger partial charge in [0, 0.05) is 25.7 Å². The zero-order valence-electron chi connectivity index (χ0n) is 12.5. The Morgan fingerprint density at radius 1 is 1.19 bits per heavy atom. The molecule has 5 heteroatoms. The second-order valence-electron chi connectivity index (χ2n) is 5.48. The molecule has 0 bridgehead atoms. The van der Waals surface area contributed by atoms with Crippen molar-refractivity contribution >= 4 is 11.8 Å². The van der Waals surface area contributed by atoms with Crippen molar-refractivity contribution in [2.24, 2.45) is 5.73 Å². The van der Waals surface area contributed by atoms with Gasteiger partial charge in [0.2, 0.25) is 5.91 Å². The van der Waals surface area contributed by atoms with Gasteiger partial charge < -0.3 is 15.5 Å². The van der Waals surface area contributed by atoms with Gasteiger partial charge >= 0.3 is 0 Å². The summed E-state index contributed by atoms with van der Waals surface area (Å²) < 4.78 is 0. The lowest BCUT2D eigenvalue weighted by molar-refractivity contribution is -0.130. The molecule has 1 saturated heterocycles. The van der Waals surface area contributed by atoms with Crippen LogP contribution in [0.15, 0.2) is 24.3 Å². The molecule has 0 unspecified atom stereocenters. The summed E-state index contributed by atoms with van der Waals surface area (Å²) >= 11 is 0. The van der Waals surface area contributed by atoms with Crippen molar-refractivity contribution in [3.63, 3.8) is 0 Å². The van der Waals surface area contributed by atoms with Gasteiger partial charge in [-0.2, -0.15) is 0 Å². The van der Waals surface area contributed by atoms with Gasteiger partial charge in [0.1, 0.15) is 0 Å². The van der Waals surface area contributed by atoms with E-state index in [-0.39, 0.29) is 18.4 Å². The molecule has 2 amide bonds. The summed E-state index contributed by atoms with van der Waals surface area (Å²) in [6.07, 6.45) is 2.93. The molecular weight excluding hydrogens is 266 g/mol. The molecule has 1 aliphatic rings. The third kappa shape index (κ3) is 4.04. The van der Waals surface area contributed by atoms with Crippen molar-refractivity contribution in [1.82, 2.24) is 9.80 Å². The molecule has 2 N–H and O–H groups in total. The largest absolute Gasteiger partial charge is 0.341 e. The molecule has 0 aromatic heterocycles. The van der Waals surface area contributed by atoms with Gasteiger partial charge in [0.15, 0.2) is 0 Å². The van der Waals surface area contributed by atoms with E-state index in [1.807, 2.05) is 17.0 Å². The highest BCUT2D eigenvalue weighted by Gasteiger charge is 2.21. The van der Waals surface area contributed by atoms with Crippen LogP contribution in [-0.2, 0) is 11.2 Å². The Bertz CT molecular complexity index is 493. The molecular formula is C16H23N3O2. The van der Waals surface area contributed by atoms with Crippen LogP contribution in [0.25, 0.3) is 0 Å².